The molecule has 3 nitrogen and oxygen atoms in total. The topological polar surface area (TPSA) is 43.4 Å². The molecule has 0 unspecified atom stereocenters. The van der Waals surface area contributed by atoms with Gasteiger partial charge < -0.3 is 4.74 Å². The second-order valence-electron chi connectivity index (χ2n) is 9.42. The van der Waals surface area contributed by atoms with E-state index in [1.807, 2.05) is 0 Å². The lowest BCUT2D eigenvalue weighted by Gasteiger charge is -2.03. The molecule has 0 aromatic rings. The minimum Gasteiger partial charge on any atom is -0.469 e. The first-order valence-electron chi connectivity index (χ1n) is 13.9. The van der Waals surface area contributed by atoms with E-state index in [1.165, 1.54) is 110 Å². The van der Waals surface area contributed by atoms with E-state index in [4.69, 9.17) is 0 Å². The van der Waals surface area contributed by atoms with Gasteiger partial charge >= 0.3 is 5.97 Å². The Morgan fingerprint density at radius 2 is 0.906 bits per heavy atom. The summed E-state index contributed by atoms with van der Waals surface area (Å²) in [5, 5.41) is 0. The zero-order valence-electron chi connectivity index (χ0n) is 21.6. The normalized spacial score (nSPS) is 11.3. The van der Waals surface area contributed by atoms with Gasteiger partial charge in [0.15, 0.2) is 0 Å². The van der Waals surface area contributed by atoms with Crippen molar-refractivity contribution in [1.29, 1.82) is 0 Å². The first-order chi connectivity index (χ1) is 15.7. The Morgan fingerprint density at radius 1 is 0.531 bits per heavy atom. The molecule has 0 heterocycles. The van der Waals surface area contributed by atoms with E-state index in [0.717, 1.165) is 38.5 Å². The Hall–Kier alpha value is -1.12. The van der Waals surface area contributed by atoms with E-state index in [2.05, 4.69) is 23.8 Å². The van der Waals surface area contributed by atoms with Gasteiger partial charge in [-0.05, 0) is 44.9 Å². The number of unbranched alkanes of at least 4 members (excludes halogenated alkanes) is 17. The largest absolute Gasteiger partial charge is 0.469 e. The Kier molecular flexibility index (Phi) is 25.2. The quantitative estimate of drug-likeness (QED) is 0.0790. The van der Waals surface area contributed by atoms with Crippen molar-refractivity contribution in [2.24, 2.45) is 0 Å². The Bertz CT molecular complexity index is 442. The standard InChI is InChI=1S/C29H54O3/c1-3-4-5-6-16-19-22-25-28(30)26-23-20-17-14-12-10-8-7-9-11-13-15-18-21-24-27-29(31)32-2/h7,9H,3-6,8,10-27H2,1-2H3/b9-7-. The molecule has 0 bridgehead atoms. The highest BCUT2D eigenvalue weighted by Gasteiger charge is 2.02. The van der Waals surface area contributed by atoms with Crippen LogP contribution in [0, 0.1) is 0 Å². The molecule has 0 spiro atoms. The molecular weight excluding hydrogens is 396 g/mol. The highest BCUT2D eigenvalue weighted by Crippen LogP contribution is 2.13. The number of hydrogen-bond acceptors (Lipinski definition) is 3. The van der Waals surface area contributed by atoms with Crippen LogP contribution in [-0.4, -0.2) is 18.9 Å². The molecule has 0 radical (unpaired) electrons. The summed E-state index contributed by atoms with van der Waals surface area (Å²) in [5.74, 6) is 0.405. The molecule has 0 amide bonds. The molecule has 0 rings (SSSR count). The fraction of sp³-hybridized carbons (Fsp3) is 0.862. The minimum atomic E-state index is -0.0860. The van der Waals surface area contributed by atoms with Gasteiger partial charge in [-0.2, -0.15) is 0 Å². The van der Waals surface area contributed by atoms with E-state index in [1.54, 1.807) is 0 Å². The molecule has 0 N–H and O–H groups in total. The number of methoxy groups -OCH3 is 1. The summed E-state index contributed by atoms with van der Waals surface area (Å²) in [5.41, 5.74) is 0. The number of carbonyl (C=O) groups excluding carboxylic acids is 2. The van der Waals surface area contributed by atoms with Crippen LogP contribution in [0.15, 0.2) is 12.2 Å². The maximum absolute atomic E-state index is 11.9. The van der Waals surface area contributed by atoms with Gasteiger partial charge in [0, 0.05) is 19.3 Å². The fourth-order valence-corrected chi connectivity index (χ4v) is 4.10. The van der Waals surface area contributed by atoms with Crippen LogP contribution in [0.1, 0.15) is 155 Å². The third kappa shape index (κ3) is 25.1. The molecule has 0 saturated carbocycles. The number of rotatable bonds is 25. The number of allylic oxidation sites excluding steroid dienone is 2. The SMILES string of the molecule is CCCCCCCCCC(=O)CCCCCCCC/C=C\CCCCCCCC(=O)OC. The number of ether oxygens (including phenoxy) is 1. The summed E-state index contributed by atoms with van der Waals surface area (Å²) in [7, 11) is 1.46. The highest BCUT2D eigenvalue weighted by molar-refractivity contribution is 5.78. The fourth-order valence-electron chi connectivity index (χ4n) is 4.10. The van der Waals surface area contributed by atoms with E-state index >= 15 is 0 Å². The maximum Gasteiger partial charge on any atom is 0.305 e. The van der Waals surface area contributed by atoms with Gasteiger partial charge in [-0.25, -0.2) is 0 Å². The summed E-state index contributed by atoms with van der Waals surface area (Å²) < 4.78 is 4.65. The van der Waals surface area contributed by atoms with Crippen LogP contribution in [0.3, 0.4) is 0 Å². The lowest BCUT2D eigenvalue weighted by molar-refractivity contribution is -0.140. The first-order valence-corrected chi connectivity index (χ1v) is 13.9. The van der Waals surface area contributed by atoms with Gasteiger partial charge in [0.05, 0.1) is 7.11 Å². The van der Waals surface area contributed by atoms with E-state index in [0.29, 0.717) is 12.2 Å². The predicted octanol–water partition coefficient (Wildman–Crippen LogP) is 9.28. The van der Waals surface area contributed by atoms with Crippen molar-refractivity contribution in [2.45, 2.75) is 155 Å². The van der Waals surface area contributed by atoms with Crippen molar-refractivity contribution in [1.82, 2.24) is 0 Å². The maximum atomic E-state index is 11.9. The van der Waals surface area contributed by atoms with Crippen LogP contribution in [0.5, 0.6) is 0 Å². The Labute approximate surface area is 200 Å². The van der Waals surface area contributed by atoms with Crippen molar-refractivity contribution < 1.29 is 14.3 Å². The molecule has 188 valence electrons. The molecule has 0 aliphatic heterocycles. The van der Waals surface area contributed by atoms with E-state index < -0.39 is 0 Å². The zero-order chi connectivity index (χ0) is 23.5. The van der Waals surface area contributed by atoms with Crippen LogP contribution < -0.4 is 0 Å². The van der Waals surface area contributed by atoms with Gasteiger partial charge in [0.1, 0.15) is 5.78 Å². The molecule has 0 aromatic carbocycles. The zero-order valence-corrected chi connectivity index (χ0v) is 21.6. The molecule has 0 aromatic heterocycles. The number of hydrogen-bond donors (Lipinski definition) is 0. The monoisotopic (exact) mass is 450 g/mol. The summed E-state index contributed by atoms with van der Waals surface area (Å²) in [4.78, 5) is 22.9. The van der Waals surface area contributed by atoms with Crippen LogP contribution >= 0.6 is 0 Å². The lowest BCUT2D eigenvalue weighted by atomic mass is 10.0. The van der Waals surface area contributed by atoms with Crippen LogP contribution in [0.25, 0.3) is 0 Å². The lowest BCUT2D eigenvalue weighted by Crippen LogP contribution is -1.98. The van der Waals surface area contributed by atoms with E-state index in [-0.39, 0.29) is 5.97 Å². The van der Waals surface area contributed by atoms with Crippen molar-refractivity contribution in [3.8, 4) is 0 Å². The van der Waals surface area contributed by atoms with E-state index in [9.17, 15) is 9.59 Å². The van der Waals surface area contributed by atoms with Crippen molar-refractivity contribution in [3.05, 3.63) is 12.2 Å². The second-order valence-corrected chi connectivity index (χ2v) is 9.42. The van der Waals surface area contributed by atoms with Gasteiger partial charge in [-0.1, -0.05) is 103 Å². The Balaban J connectivity index is 3.22. The molecule has 0 aliphatic carbocycles. The average Bonchev–Trinajstić information content (AvgIpc) is 2.80. The number of Topliss-reactive ketones (excluding diaryl/α,β-unsaturated/α-hetero) is 1. The average molecular weight is 451 g/mol. The summed E-state index contributed by atoms with van der Waals surface area (Å²) in [6.07, 6.45) is 31.6. The predicted molar refractivity (Wildman–Crippen MR) is 138 cm³/mol. The minimum absolute atomic E-state index is 0.0860. The van der Waals surface area contributed by atoms with Gasteiger partial charge in [0.25, 0.3) is 0 Å². The third-order valence-electron chi connectivity index (χ3n) is 6.28. The van der Waals surface area contributed by atoms with Gasteiger partial charge in [-0.15, -0.1) is 0 Å². The third-order valence-corrected chi connectivity index (χ3v) is 6.28. The van der Waals surface area contributed by atoms with Crippen LogP contribution in [0.4, 0.5) is 0 Å². The van der Waals surface area contributed by atoms with Crippen molar-refractivity contribution in [2.75, 3.05) is 7.11 Å². The Morgan fingerprint density at radius 3 is 1.34 bits per heavy atom. The number of esters is 1. The van der Waals surface area contributed by atoms with Crippen molar-refractivity contribution in [3.63, 3.8) is 0 Å². The molecule has 0 saturated heterocycles. The molecular formula is C29H54O3. The molecule has 0 aliphatic rings. The molecule has 3 heteroatoms. The van der Waals surface area contributed by atoms with Gasteiger partial charge in [-0.3, -0.25) is 9.59 Å². The van der Waals surface area contributed by atoms with Gasteiger partial charge in [0.2, 0.25) is 0 Å². The van der Waals surface area contributed by atoms with Crippen molar-refractivity contribution >= 4 is 11.8 Å². The first kappa shape index (κ1) is 30.9. The molecule has 0 atom stereocenters. The second kappa shape index (κ2) is 26.1. The van der Waals surface area contributed by atoms with Crippen LogP contribution in [0.2, 0.25) is 0 Å². The molecule has 0 fully saturated rings. The molecule has 32 heavy (non-hydrogen) atoms. The smallest absolute Gasteiger partial charge is 0.305 e. The number of carbonyl (C=O) groups is 2. The summed E-state index contributed by atoms with van der Waals surface area (Å²) >= 11 is 0. The highest BCUT2D eigenvalue weighted by atomic mass is 16.5. The number of ketones is 1. The summed E-state index contributed by atoms with van der Waals surface area (Å²) in [6, 6.07) is 0. The summed E-state index contributed by atoms with van der Waals surface area (Å²) in [6.45, 7) is 2.25. The van der Waals surface area contributed by atoms with Crippen LogP contribution in [-0.2, 0) is 14.3 Å².